The summed E-state index contributed by atoms with van der Waals surface area (Å²) in [6, 6.07) is 7.38. The Morgan fingerprint density at radius 3 is 2.15 bits per heavy atom. The number of carboxylic acid groups (broad SMARTS) is 2. The quantitative estimate of drug-likeness (QED) is 0.267. The summed E-state index contributed by atoms with van der Waals surface area (Å²) in [4.78, 5) is 39.0. The molecule has 3 N–H and O–H groups in total. The number of fused-ring (bicyclic) bond motifs is 7. The van der Waals surface area contributed by atoms with E-state index in [1.807, 2.05) is 12.1 Å². The summed E-state index contributed by atoms with van der Waals surface area (Å²) in [6.07, 6.45) is 9.68. The highest BCUT2D eigenvalue weighted by atomic mass is 16.4. The van der Waals surface area contributed by atoms with E-state index in [0.717, 1.165) is 61.0 Å². The number of aromatic carboxylic acids is 1. The van der Waals surface area contributed by atoms with E-state index in [4.69, 9.17) is 0 Å². The topological polar surface area (TPSA) is 115 Å². The van der Waals surface area contributed by atoms with Crippen molar-refractivity contribution in [1.29, 1.82) is 0 Å². The number of imide groups is 1. The van der Waals surface area contributed by atoms with Crippen LogP contribution in [0.1, 0.15) is 115 Å². The summed E-state index contributed by atoms with van der Waals surface area (Å²) in [5.74, 6) is 0.322. The van der Waals surface area contributed by atoms with Gasteiger partial charge in [-0.2, -0.15) is 0 Å². The van der Waals surface area contributed by atoms with Crippen LogP contribution in [-0.2, 0) is 4.79 Å². The molecule has 0 radical (unpaired) electrons. The number of carbonyl (C=O) groups is 3. The molecule has 0 unspecified atom stereocenters. The summed E-state index contributed by atoms with van der Waals surface area (Å²) in [5, 5.41) is 29.1. The Balaban J connectivity index is 1.37. The zero-order chi connectivity index (χ0) is 34.3. The molecule has 7 heteroatoms. The number of rotatable bonds is 6. The Morgan fingerprint density at radius 2 is 1.55 bits per heavy atom. The van der Waals surface area contributed by atoms with E-state index in [2.05, 4.69) is 54.2 Å². The molecule has 6 rings (SSSR count). The third-order valence-corrected chi connectivity index (χ3v) is 15.3. The number of carboxylic acids is 1. The summed E-state index contributed by atoms with van der Waals surface area (Å²) >= 11 is 0. The minimum atomic E-state index is -1.27. The van der Waals surface area contributed by atoms with Crippen LogP contribution in [0, 0.1) is 56.7 Å². The molecule has 2 amide bonds. The van der Waals surface area contributed by atoms with Crippen LogP contribution in [0.3, 0.4) is 0 Å². The van der Waals surface area contributed by atoms with Crippen molar-refractivity contribution < 1.29 is 29.7 Å². The number of aliphatic hydroxyl groups excluding tert-OH is 1. The number of amides is 2. The van der Waals surface area contributed by atoms with Crippen LogP contribution in [0.4, 0.5) is 4.79 Å². The van der Waals surface area contributed by atoms with Crippen molar-refractivity contribution in [3.8, 4) is 0 Å². The molecule has 0 saturated heterocycles. The summed E-state index contributed by atoms with van der Waals surface area (Å²) in [6.45, 7) is 18.3. The zero-order valence-electron chi connectivity index (χ0n) is 29.3. The first-order valence-electron chi connectivity index (χ1n) is 17.8. The second kappa shape index (κ2) is 11.3. The molecule has 47 heavy (non-hydrogen) atoms. The molecule has 0 heterocycles. The van der Waals surface area contributed by atoms with E-state index in [-0.39, 0.29) is 52.6 Å². The molecule has 1 aromatic rings. The molecule has 0 bridgehead atoms. The van der Waals surface area contributed by atoms with Crippen LogP contribution >= 0.6 is 0 Å². The van der Waals surface area contributed by atoms with Gasteiger partial charge in [-0.1, -0.05) is 65.0 Å². The van der Waals surface area contributed by atoms with Crippen molar-refractivity contribution >= 4 is 23.5 Å². The number of aliphatic hydroxyl groups is 1. The molecule has 0 aromatic heterocycles. The van der Waals surface area contributed by atoms with E-state index in [1.54, 1.807) is 12.1 Å². The van der Waals surface area contributed by atoms with Crippen LogP contribution < -0.4 is 0 Å². The number of hydrogen-bond donors (Lipinski definition) is 3. The number of benzene rings is 1. The van der Waals surface area contributed by atoms with Gasteiger partial charge in [-0.05, 0) is 139 Å². The van der Waals surface area contributed by atoms with Crippen LogP contribution in [0.5, 0.6) is 0 Å². The Bertz CT molecular complexity index is 1510. The second-order valence-electron chi connectivity index (χ2n) is 17.2. The fraction of sp³-hybridized carbons (Fsp3) is 0.675. The van der Waals surface area contributed by atoms with Crippen molar-refractivity contribution in [2.45, 2.75) is 99.3 Å². The molecule has 0 aliphatic heterocycles. The van der Waals surface area contributed by atoms with Crippen LogP contribution in [0.15, 0.2) is 42.5 Å². The van der Waals surface area contributed by atoms with E-state index in [9.17, 15) is 29.7 Å². The molecule has 5 aliphatic carbocycles. The van der Waals surface area contributed by atoms with Gasteiger partial charge in [0.05, 0.1) is 24.1 Å². The van der Waals surface area contributed by atoms with Gasteiger partial charge in [0.25, 0.3) is 0 Å². The normalized spacial score (nSPS) is 40.1. The number of hydrogen-bond acceptors (Lipinski definition) is 4. The van der Waals surface area contributed by atoms with Gasteiger partial charge in [-0.15, -0.1) is 0 Å². The second-order valence-corrected chi connectivity index (χ2v) is 17.2. The first-order chi connectivity index (χ1) is 22.0. The van der Waals surface area contributed by atoms with E-state index < -0.39 is 17.5 Å². The maximum Gasteiger partial charge on any atom is 0.414 e. The predicted molar refractivity (Wildman–Crippen MR) is 183 cm³/mol. The molecule has 1 aromatic carbocycles. The van der Waals surface area contributed by atoms with E-state index >= 15 is 0 Å². The average molecular weight is 646 g/mol. The van der Waals surface area contributed by atoms with Gasteiger partial charge in [-0.25, -0.2) is 14.5 Å². The standard InChI is InChI=1S/C40H55NO6/c1-24(2)27-14-19-40(34(45)41(22-23-42)35(46)47)21-20-38(6)29(32(27)40)12-13-31-37(5)17-15-28(25-8-10-26(11-9-25)33(43)44)36(3,4)30(37)16-18-39(31,38)7/h8-11,15,27,29-32,42H,1,12-14,16-23H2,2-7H3,(H,43,44)(H,46,47)/t27-,29+,30-,31+,32+,37-,38+,39+,40-/m0/s1. The predicted octanol–water partition coefficient (Wildman–Crippen LogP) is 8.53. The first-order valence-corrected chi connectivity index (χ1v) is 17.8. The van der Waals surface area contributed by atoms with Crippen molar-refractivity contribution in [1.82, 2.24) is 4.90 Å². The average Bonchev–Trinajstić information content (AvgIpc) is 3.41. The van der Waals surface area contributed by atoms with Gasteiger partial charge in [0, 0.05) is 0 Å². The highest BCUT2D eigenvalue weighted by molar-refractivity contribution is 5.95. The van der Waals surface area contributed by atoms with Crippen molar-refractivity contribution in [2.24, 2.45) is 56.7 Å². The smallest absolute Gasteiger partial charge is 0.414 e. The Kier molecular flexibility index (Phi) is 8.18. The lowest BCUT2D eigenvalue weighted by Crippen LogP contribution is -2.66. The zero-order valence-corrected chi connectivity index (χ0v) is 29.3. The van der Waals surface area contributed by atoms with Gasteiger partial charge in [0.15, 0.2) is 0 Å². The molecular weight excluding hydrogens is 590 g/mol. The Morgan fingerprint density at radius 1 is 0.872 bits per heavy atom. The van der Waals surface area contributed by atoms with Crippen LogP contribution in [0.2, 0.25) is 0 Å². The summed E-state index contributed by atoms with van der Waals surface area (Å²) in [7, 11) is 0. The molecule has 0 spiro atoms. The van der Waals surface area contributed by atoms with Gasteiger partial charge in [-0.3, -0.25) is 4.79 Å². The molecule has 256 valence electrons. The lowest BCUT2D eigenvalue weighted by Gasteiger charge is -2.72. The number of allylic oxidation sites excluding steroid dienone is 3. The highest BCUT2D eigenvalue weighted by Crippen LogP contribution is 2.77. The Labute approximate surface area is 280 Å². The third-order valence-electron chi connectivity index (χ3n) is 15.3. The fourth-order valence-electron chi connectivity index (χ4n) is 13.1. The minimum Gasteiger partial charge on any atom is -0.478 e. The maximum atomic E-state index is 14.3. The molecule has 9 atom stereocenters. The Hall–Kier alpha value is -2.93. The van der Waals surface area contributed by atoms with Gasteiger partial charge < -0.3 is 15.3 Å². The van der Waals surface area contributed by atoms with Crippen molar-refractivity contribution in [2.75, 3.05) is 13.2 Å². The number of nitrogens with zero attached hydrogens (tertiary/aromatic N) is 1. The number of carbonyl (C=O) groups excluding carboxylic acids is 1. The fourth-order valence-corrected chi connectivity index (χ4v) is 13.1. The lowest BCUT2D eigenvalue weighted by molar-refractivity contribution is -0.226. The summed E-state index contributed by atoms with van der Waals surface area (Å²) in [5.41, 5.74) is 3.22. The van der Waals surface area contributed by atoms with E-state index in [0.29, 0.717) is 36.2 Å². The molecular formula is C40H55NO6. The lowest BCUT2D eigenvalue weighted by atomic mass is 9.32. The third kappa shape index (κ3) is 4.64. The van der Waals surface area contributed by atoms with Crippen molar-refractivity contribution in [3.05, 3.63) is 53.6 Å². The largest absolute Gasteiger partial charge is 0.478 e. The maximum absolute atomic E-state index is 14.3. The highest BCUT2D eigenvalue weighted by Gasteiger charge is 2.72. The van der Waals surface area contributed by atoms with Crippen molar-refractivity contribution in [3.63, 3.8) is 0 Å². The van der Waals surface area contributed by atoms with Gasteiger partial charge in [0.2, 0.25) is 5.91 Å². The van der Waals surface area contributed by atoms with Crippen LogP contribution in [0.25, 0.3) is 5.57 Å². The van der Waals surface area contributed by atoms with Gasteiger partial charge in [0.1, 0.15) is 0 Å². The SMILES string of the molecule is C=C(C)[C@@H]1CC[C@]2(C(=O)N(CCO)C(=O)O)CC[C@]3(C)[C@H](CC[C@@H]4[C@@]5(C)CC=C(c6ccc(C(=O)O)cc6)C(C)(C)[C@@H]5CC[C@]43C)[C@@H]12. The molecule has 5 aliphatic rings. The monoisotopic (exact) mass is 645 g/mol. The summed E-state index contributed by atoms with van der Waals surface area (Å²) < 4.78 is 0. The molecule has 4 saturated carbocycles. The molecule has 7 nitrogen and oxygen atoms in total. The van der Waals surface area contributed by atoms with Gasteiger partial charge >= 0.3 is 12.1 Å². The van der Waals surface area contributed by atoms with E-state index in [1.165, 1.54) is 5.57 Å². The van der Waals surface area contributed by atoms with Crippen LogP contribution in [-0.4, -0.2) is 51.3 Å². The molecule has 4 fully saturated rings. The minimum absolute atomic E-state index is 0.00220. The first kappa shape index (κ1) is 34.0.